The fourth-order valence-electron chi connectivity index (χ4n) is 0.764. The van der Waals surface area contributed by atoms with E-state index in [9.17, 15) is 14.0 Å². The van der Waals surface area contributed by atoms with E-state index >= 15 is 0 Å². The van der Waals surface area contributed by atoms with E-state index in [1.54, 1.807) is 0 Å². The molecule has 0 aromatic carbocycles. The topological polar surface area (TPSA) is 56.3 Å². The van der Waals surface area contributed by atoms with Crippen LogP contribution in [-0.2, 0) is 4.74 Å². The molecule has 1 aromatic rings. The number of halogens is 1. The second-order valence-electron chi connectivity index (χ2n) is 2.21. The molecule has 0 aliphatic heterocycles. The van der Waals surface area contributed by atoms with Gasteiger partial charge in [-0.2, -0.15) is 0 Å². The quantitative estimate of drug-likeness (QED) is 0.503. The molecule has 0 fully saturated rings. The van der Waals surface area contributed by atoms with Crippen LogP contribution in [0.4, 0.5) is 4.39 Å². The lowest BCUT2D eigenvalue weighted by Crippen LogP contribution is -2.07. The van der Waals surface area contributed by atoms with Gasteiger partial charge in [0.05, 0.1) is 7.11 Å². The van der Waals surface area contributed by atoms with Crippen LogP contribution in [0.25, 0.3) is 0 Å². The SMILES string of the molecule is COC(=O)c1ncc(C=O)cc1F. The minimum absolute atomic E-state index is 0.0742. The number of rotatable bonds is 2. The van der Waals surface area contributed by atoms with Crippen molar-refractivity contribution in [3.05, 3.63) is 29.3 Å². The fourth-order valence-corrected chi connectivity index (χ4v) is 0.764. The van der Waals surface area contributed by atoms with E-state index in [2.05, 4.69) is 9.72 Å². The molecule has 0 unspecified atom stereocenters. The van der Waals surface area contributed by atoms with Crippen molar-refractivity contribution in [3.8, 4) is 0 Å². The monoisotopic (exact) mass is 183 g/mol. The summed E-state index contributed by atoms with van der Waals surface area (Å²) in [5.41, 5.74) is -0.349. The number of methoxy groups -OCH3 is 1. The van der Waals surface area contributed by atoms with Gasteiger partial charge in [0.25, 0.3) is 0 Å². The Morgan fingerprint density at radius 3 is 2.85 bits per heavy atom. The molecule has 1 aromatic heterocycles. The maximum absolute atomic E-state index is 13.0. The Morgan fingerprint density at radius 1 is 1.69 bits per heavy atom. The summed E-state index contributed by atoms with van der Waals surface area (Å²) in [6, 6.07) is 0.923. The lowest BCUT2D eigenvalue weighted by atomic mass is 10.2. The number of carbonyl (C=O) groups excluding carboxylic acids is 2. The van der Waals surface area contributed by atoms with Crippen LogP contribution < -0.4 is 0 Å². The molecule has 0 amide bonds. The maximum Gasteiger partial charge on any atom is 0.359 e. The van der Waals surface area contributed by atoms with E-state index in [0.717, 1.165) is 19.4 Å². The summed E-state index contributed by atoms with van der Waals surface area (Å²) in [5.74, 6) is -1.73. The van der Waals surface area contributed by atoms with Gasteiger partial charge in [0.1, 0.15) is 0 Å². The molecule has 0 radical (unpaired) electrons. The van der Waals surface area contributed by atoms with Crippen LogP contribution in [0.15, 0.2) is 12.3 Å². The summed E-state index contributed by atoms with van der Waals surface area (Å²) in [5, 5.41) is 0. The van der Waals surface area contributed by atoms with Gasteiger partial charge in [0, 0.05) is 11.8 Å². The highest BCUT2D eigenvalue weighted by atomic mass is 19.1. The van der Waals surface area contributed by atoms with Crippen molar-refractivity contribution in [2.24, 2.45) is 0 Å². The smallest absolute Gasteiger partial charge is 0.359 e. The zero-order valence-electron chi connectivity index (χ0n) is 6.78. The summed E-state index contributed by atoms with van der Waals surface area (Å²) in [6.07, 6.45) is 1.54. The highest BCUT2D eigenvalue weighted by Crippen LogP contribution is 2.06. The van der Waals surface area contributed by atoms with Crippen molar-refractivity contribution in [1.29, 1.82) is 0 Å². The van der Waals surface area contributed by atoms with Crippen molar-refractivity contribution >= 4 is 12.3 Å². The molecule has 0 bridgehead atoms. The summed E-state index contributed by atoms with van der Waals surface area (Å²) in [4.78, 5) is 24.4. The lowest BCUT2D eigenvalue weighted by Gasteiger charge is -1.99. The minimum Gasteiger partial charge on any atom is -0.464 e. The number of esters is 1. The Kier molecular flexibility index (Phi) is 2.69. The molecule has 0 aliphatic rings. The first-order valence-electron chi connectivity index (χ1n) is 3.38. The van der Waals surface area contributed by atoms with Crippen molar-refractivity contribution in [2.45, 2.75) is 0 Å². The number of carbonyl (C=O) groups is 2. The van der Waals surface area contributed by atoms with E-state index < -0.39 is 17.5 Å². The normalized spacial score (nSPS) is 9.38. The molecular formula is C8H6FNO3. The number of hydrogen-bond acceptors (Lipinski definition) is 4. The first-order valence-corrected chi connectivity index (χ1v) is 3.38. The average Bonchev–Trinajstić information content (AvgIpc) is 2.16. The molecule has 1 rings (SSSR count). The van der Waals surface area contributed by atoms with Crippen LogP contribution in [0, 0.1) is 5.82 Å². The molecule has 13 heavy (non-hydrogen) atoms. The van der Waals surface area contributed by atoms with Crippen LogP contribution in [0.2, 0.25) is 0 Å². The average molecular weight is 183 g/mol. The van der Waals surface area contributed by atoms with Gasteiger partial charge in [-0.25, -0.2) is 14.2 Å². The van der Waals surface area contributed by atoms with Crippen molar-refractivity contribution in [2.75, 3.05) is 7.11 Å². The van der Waals surface area contributed by atoms with E-state index in [1.807, 2.05) is 0 Å². The Hall–Kier alpha value is -1.78. The minimum atomic E-state index is -0.866. The molecule has 0 N–H and O–H groups in total. The van der Waals surface area contributed by atoms with E-state index in [-0.39, 0.29) is 5.56 Å². The van der Waals surface area contributed by atoms with Crippen LogP contribution in [0.3, 0.4) is 0 Å². The van der Waals surface area contributed by atoms with Gasteiger partial charge in [-0.15, -0.1) is 0 Å². The molecule has 5 heteroatoms. The molecule has 1 heterocycles. The Morgan fingerprint density at radius 2 is 2.38 bits per heavy atom. The zero-order valence-corrected chi connectivity index (χ0v) is 6.78. The van der Waals surface area contributed by atoms with Crippen LogP contribution in [0.5, 0.6) is 0 Å². The molecular weight excluding hydrogens is 177 g/mol. The van der Waals surface area contributed by atoms with Gasteiger partial charge in [-0.1, -0.05) is 0 Å². The predicted molar refractivity (Wildman–Crippen MR) is 40.9 cm³/mol. The molecule has 4 nitrogen and oxygen atoms in total. The van der Waals surface area contributed by atoms with Crippen molar-refractivity contribution < 1.29 is 18.7 Å². The second kappa shape index (κ2) is 3.75. The van der Waals surface area contributed by atoms with Crippen molar-refractivity contribution in [1.82, 2.24) is 4.98 Å². The number of nitrogens with zero attached hydrogens (tertiary/aromatic N) is 1. The van der Waals surface area contributed by atoms with Crippen LogP contribution in [-0.4, -0.2) is 24.3 Å². The highest BCUT2D eigenvalue weighted by Gasteiger charge is 2.13. The molecule has 0 atom stereocenters. The molecule has 0 aliphatic carbocycles. The molecule has 0 saturated carbocycles. The second-order valence-corrected chi connectivity index (χ2v) is 2.21. The van der Waals surface area contributed by atoms with Gasteiger partial charge in [-0.3, -0.25) is 4.79 Å². The maximum atomic E-state index is 13.0. The molecule has 68 valence electrons. The third-order valence-corrected chi connectivity index (χ3v) is 1.38. The van der Waals surface area contributed by atoms with Gasteiger partial charge in [0.2, 0.25) is 0 Å². The standard InChI is InChI=1S/C8H6FNO3/c1-13-8(12)7-6(9)2-5(4-11)3-10-7/h2-4H,1H3. The van der Waals surface area contributed by atoms with E-state index in [1.165, 1.54) is 0 Å². The number of aromatic nitrogens is 1. The van der Waals surface area contributed by atoms with Gasteiger partial charge >= 0.3 is 5.97 Å². The Balaban J connectivity index is 3.12. The van der Waals surface area contributed by atoms with Crippen LogP contribution >= 0.6 is 0 Å². The number of ether oxygens (including phenoxy) is 1. The number of aldehydes is 1. The fraction of sp³-hybridized carbons (Fsp3) is 0.125. The summed E-state index contributed by atoms with van der Waals surface area (Å²) in [7, 11) is 1.12. The lowest BCUT2D eigenvalue weighted by molar-refractivity contribution is 0.0588. The Labute approximate surface area is 73.3 Å². The number of pyridine rings is 1. The summed E-state index contributed by atoms with van der Waals surface area (Å²) in [6.45, 7) is 0. The first-order chi connectivity index (χ1) is 6.19. The Bertz CT molecular complexity index is 351. The van der Waals surface area contributed by atoms with Crippen LogP contribution in [0.1, 0.15) is 20.8 Å². The third-order valence-electron chi connectivity index (χ3n) is 1.38. The van der Waals surface area contributed by atoms with Crippen molar-refractivity contribution in [3.63, 3.8) is 0 Å². The molecule has 0 saturated heterocycles. The summed E-state index contributed by atoms with van der Waals surface area (Å²) >= 11 is 0. The summed E-state index contributed by atoms with van der Waals surface area (Å²) < 4.78 is 17.2. The third kappa shape index (κ3) is 1.87. The van der Waals surface area contributed by atoms with Gasteiger partial charge in [-0.05, 0) is 6.07 Å². The molecule has 0 spiro atoms. The largest absolute Gasteiger partial charge is 0.464 e. The van der Waals surface area contributed by atoms with Gasteiger partial charge < -0.3 is 4.74 Å². The number of hydrogen-bond donors (Lipinski definition) is 0. The highest BCUT2D eigenvalue weighted by molar-refractivity contribution is 5.88. The first kappa shape index (κ1) is 9.31. The van der Waals surface area contributed by atoms with Gasteiger partial charge in [0.15, 0.2) is 17.8 Å². The van der Waals surface area contributed by atoms with E-state index in [0.29, 0.717) is 6.29 Å². The zero-order chi connectivity index (χ0) is 9.84. The van der Waals surface area contributed by atoms with E-state index in [4.69, 9.17) is 0 Å². The predicted octanol–water partition coefficient (Wildman–Crippen LogP) is 0.820.